The van der Waals surface area contributed by atoms with Gasteiger partial charge in [-0.05, 0) is 11.6 Å². The number of ketones is 1. The maximum absolute atomic E-state index is 11.9. The average molecular weight is 254 g/mol. The molecule has 1 aromatic rings. The van der Waals surface area contributed by atoms with E-state index in [0.29, 0.717) is 24.5 Å². The van der Waals surface area contributed by atoms with Crippen molar-refractivity contribution in [2.24, 2.45) is 0 Å². The molecule has 1 aliphatic rings. The summed E-state index contributed by atoms with van der Waals surface area (Å²) in [5.74, 6) is 0.195. The predicted molar refractivity (Wildman–Crippen MR) is 67.4 cm³/mol. The lowest BCUT2D eigenvalue weighted by atomic mass is 10.0. The van der Waals surface area contributed by atoms with E-state index in [1.165, 1.54) is 0 Å². The van der Waals surface area contributed by atoms with E-state index in [4.69, 9.17) is 16.3 Å². The summed E-state index contributed by atoms with van der Waals surface area (Å²) in [4.78, 5) is 11.9. The van der Waals surface area contributed by atoms with Crippen LogP contribution in [0.2, 0.25) is 5.02 Å². The fourth-order valence-electron chi connectivity index (χ4n) is 1.95. The van der Waals surface area contributed by atoms with Crippen LogP contribution in [0.1, 0.15) is 12.0 Å². The molecule has 1 aliphatic heterocycles. The van der Waals surface area contributed by atoms with Crippen LogP contribution in [0.25, 0.3) is 0 Å². The molecular formula is C13H16ClNO2. The van der Waals surface area contributed by atoms with Crippen LogP contribution in [0, 0.1) is 0 Å². The van der Waals surface area contributed by atoms with Crippen molar-refractivity contribution < 1.29 is 9.53 Å². The van der Waals surface area contributed by atoms with Gasteiger partial charge in [0.1, 0.15) is 5.78 Å². The number of carbonyl (C=O) groups is 1. The molecule has 0 aromatic heterocycles. The van der Waals surface area contributed by atoms with Crippen molar-refractivity contribution in [2.75, 3.05) is 19.8 Å². The Hall–Kier alpha value is -0.900. The molecule has 1 saturated heterocycles. The lowest BCUT2D eigenvalue weighted by molar-refractivity contribution is -0.119. The zero-order valence-corrected chi connectivity index (χ0v) is 10.4. The second-order valence-electron chi connectivity index (χ2n) is 4.24. The number of ether oxygens (including phenoxy) is 1. The molecule has 17 heavy (non-hydrogen) atoms. The monoisotopic (exact) mass is 253 g/mol. The minimum Gasteiger partial charge on any atom is -0.379 e. The van der Waals surface area contributed by atoms with E-state index < -0.39 is 0 Å². The number of benzene rings is 1. The second kappa shape index (κ2) is 6.15. The maximum atomic E-state index is 11.9. The molecule has 92 valence electrons. The van der Waals surface area contributed by atoms with E-state index in [1.807, 2.05) is 24.3 Å². The van der Waals surface area contributed by atoms with Crippen LogP contribution in [0.4, 0.5) is 0 Å². The first kappa shape index (κ1) is 12.6. The highest BCUT2D eigenvalue weighted by atomic mass is 35.5. The van der Waals surface area contributed by atoms with Crippen molar-refractivity contribution >= 4 is 17.4 Å². The quantitative estimate of drug-likeness (QED) is 0.890. The summed E-state index contributed by atoms with van der Waals surface area (Å²) in [5.41, 5.74) is 0.899. The number of nitrogens with one attached hydrogen (secondary N) is 1. The lowest BCUT2D eigenvalue weighted by Gasteiger charge is -2.23. The van der Waals surface area contributed by atoms with Crippen LogP contribution in [0.3, 0.4) is 0 Å². The number of Topliss-reactive ketones (excluding diaryl/α,β-unsaturated/α-hetero) is 1. The van der Waals surface area contributed by atoms with Gasteiger partial charge in [-0.1, -0.05) is 29.8 Å². The van der Waals surface area contributed by atoms with Crippen molar-refractivity contribution in [3.8, 4) is 0 Å². The molecule has 1 N–H and O–H groups in total. The molecule has 0 amide bonds. The maximum Gasteiger partial charge on any atom is 0.138 e. The molecule has 0 saturated carbocycles. The SMILES string of the molecule is O=C(Cc1ccccc1Cl)CC1COCCN1. The molecule has 0 bridgehead atoms. The summed E-state index contributed by atoms with van der Waals surface area (Å²) < 4.78 is 5.32. The Balaban J connectivity index is 1.86. The van der Waals surface area contributed by atoms with Gasteiger partial charge in [-0.15, -0.1) is 0 Å². The number of halogens is 1. The van der Waals surface area contributed by atoms with Crippen LogP contribution in [-0.4, -0.2) is 31.6 Å². The summed E-state index contributed by atoms with van der Waals surface area (Å²) in [5, 5.41) is 3.93. The number of morpholine rings is 1. The van der Waals surface area contributed by atoms with Gasteiger partial charge >= 0.3 is 0 Å². The van der Waals surface area contributed by atoms with Crippen molar-refractivity contribution in [3.05, 3.63) is 34.9 Å². The predicted octanol–water partition coefficient (Wildman–Crippen LogP) is 1.83. The zero-order valence-electron chi connectivity index (χ0n) is 9.62. The zero-order chi connectivity index (χ0) is 12.1. The number of rotatable bonds is 4. The van der Waals surface area contributed by atoms with Crippen molar-refractivity contribution in [2.45, 2.75) is 18.9 Å². The summed E-state index contributed by atoms with van der Waals surface area (Å²) in [6.07, 6.45) is 0.906. The van der Waals surface area contributed by atoms with Crippen LogP contribution in [-0.2, 0) is 16.0 Å². The second-order valence-corrected chi connectivity index (χ2v) is 4.64. The highest BCUT2D eigenvalue weighted by Crippen LogP contribution is 2.16. The van der Waals surface area contributed by atoms with Crippen LogP contribution in [0.5, 0.6) is 0 Å². The molecular weight excluding hydrogens is 238 g/mol. The van der Waals surface area contributed by atoms with Crippen LogP contribution in [0.15, 0.2) is 24.3 Å². The van der Waals surface area contributed by atoms with E-state index in [2.05, 4.69) is 5.32 Å². The van der Waals surface area contributed by atoms with Gasteiger partial charge in [-0.3, -0.25) is 4.79 Å². The Kier molecular flexibility index (Phi) is 4.54. The highest BCUT2D eigenvalue weighted by molar-refractivity contribution is 6.31. The van der Waals surface area contributed by atoms with Gasteiger partial charge < -0.3 is 10.1 Å². The molecule has 1 unspecified atom stereocenters. The highest BCUT2D eigenvalue weighted by Gasteiger charge is 2.17. The normalized spacial score (nSPS) is 20.2. The van der Waals surface area contributed by atoms with Crippen LogP contribution < -0.4 is 5.32 Å². The molecule has 1 aromatic carbocycles. The van der Waals surface area contributed by atoms with Crippen LogP contribution >= 0.6 is 11.6 Å². The van der Waals surface area contributed by atoms with E-state index in [9.17, 15) is 4.79 Å². The minimum absolute atomic E-state index is 0.152. The van der Waals surface area contributed by atoms with Gasteiger partial charge in [0, 0.05) is 30.5 Å². The Morgan fingerprint density at radius 1 is 1.47 bits per heavy atom. The standard InChI is InChI=1S/C13H16ClNO2/c14-13-4-2-1-3-10(13)7-12(16)8-11-9-17-6-5-15-11/h1-4,11,15H,5-9H2. The van der Waals surface area contributed by atoms with E-state index in [0.717, 1.165) is 18.7 Å². The van der Waals surface area contributed by atoms with E-state index in [1.54, 1.807) is 0 Å². The van der Waals surface area contributed by atoms with Gasteiger partial charge in [-0.2, -0.15) is 0 Å². The van der Waals surface area contributed by atoms with Gasteiger partial charge in [-0.25, -0.2) is 0 Å². The van der Waals surface area contributed by atoms with Crippen molar-refractivity contribution in [1.82, 2.24) is 5.32 Å². The molecule has 0 spiro atoms. The summed E-state index contributed by atoms with van der Waals surface area (Å²) >= 11 is 6.02. The third-order valence-electron chi connectivity index (χ3n) is 2.82. The molecule has 1 atom stereocenters. The third kappa shape index (κ3) is 3.80. The molecule has 0 radical (unpaired) electrons. The fourth-order valence-corrected chi connectivity index (χ4v) is 2.15. The number of hydrogen-bond acceptors (Lipinski definition) is 3. The minimum atomic E-state index is 0.152. The molecule has 2 rings (SSSR count). The van der Waals surface area contributed by atoms with Gasteiger partial charge in [0.25, 0.3) is 0 Å². The molecule has 3 nitrogen and oxygen atoms in total. The largest absolute Gasteiger partial charge is 0.379 e. The topological polar surface area (TPSA) is 38.3 Å². The van der Waals surface area contributed by atoms with Gasteiger partial charge in [0.15, 0.2) is 0 Å². The van der Waals surface area contributed by atoms with Crippen molar-refractivity contribution in [1.29, 1.82) is 0 Å². The first-order valence-corrected chi connectivity index (χ1v) is 6.20. The van der Waals surface area contributed by atoms with Gasteiger partial charge in [0.05, 0.1) is 13.2 Å². The molecule has 1 fully saturated rings. The Morgan fingerprint density at radius 3 is 3.00 bits per heavy atom. The van der Waals surface area contributed by atoms with Crippen molar-refractivity contribution in [3.63, 3.8) is 0 Å². The van der Waals surface area contributed by atoms with E-state index in [-0.39, 0.29) is 11.8 Å². The summed E-state index contributed by atoms with van der Waals surface area (Å²) in [6.45, 7) is 2.17. The molecule has 1 heterocycles. The van der Waals surface area contributed by atoms with E-state index >= 15 is 0 Å². The average Bonchev–Trinajstić information content (AvgIpc) is 2.33. The van der Waals surface area contributed by atoms with Gasteiger partial charge in [0.2, 0.25) is 0 Å². The first-order chi connectivity index (χ1) is 8.25. The first-order valence-electron chi connectivity index (χ1n) is 5.82. The smallest absolute Gasteiger partial charge is 0.138 e. The third-order valence-corrected chi connectivity index (χ3v) is 3.19. The molecule has 0 aliphatic carbocycles. The Labute approximate surface area is 106 Å². The summed E-state index contributed by atoms with van der Waals surface area (Å²) in [7, 11) is 0. The Bertz CT molecular complexity index is 389. The summed E-state index contributed by atoms with van der Waals surface area (Å²) in [6, 6.07) is 7.62. The Morgan fingerprint density at radius 2 is 2.29 bits per heavy atom. The lowest BCUT2D eigenvalue weighted by Crippen LogP contribution is -2.42. The fraction of sp³-hybridized carbons (Fsp3) is 0.462. The molecule has 4 heteroatoms. The number of hydrogen-bond donors (Lipinski definition) is 1. The number of carbonyl (C=O) groups excluding carboxylic acids is 1.